The van der Waals surface area contributed by atoms with Gasteiger partial charge in [-0.15, -0.1) is 0 Å². The van der Waals surface area contributed by atoms with Crippen molar-refractivity contribution >= 4 is 21.8 Å². The lowest BCUT2D eigenvalue weighted by Crippen LogP contribution is -2.16. The third-order valence-corrected chi connectivity index (χ3v) is 1.93. The van der Waals surface area contributed by atoms with Gasteiger partial charge in [0.15, 0.2) is 0 Å². The zero-order chi connectivity index (χ0) is 8.97. The van der Waals surface area contributed by atoms with Gasteiger partial charge in [0.1, 0.15) is 5.84 Å². The molecule has 0 atom stereocenters. The number of amidine groups is 1. The number of hydrogen-bond donors (Lipinski definition) is 2. The Labute approximate surface area is 79.6 Å². The Hall–Kier alpha value is -1.03. The standard InChI is InChI=1S/C8H10BrN3/c9-7-3-1-2-6(4-7)5-8(10)12-11/h1-4H,5,11H2,(H2,10,12). The summed E-state index contributed by atoms with van der Waals surface area (Å²) in [5.74, 6) is 5.45. The van der Waals surface area contributed by atoms with Gasteiger partial charge < -0.3 is 11.6 Å². The molecule has 0 aliphatic heterocycles. The lowest BCUT2D eigenvalue weighted by molar-refractivity contribution is 1.17. The van der Waals surface area contributed by atoms with E-state index in [1.807, 2.05) is 24.3 Å². The number of halogens is 1. The Kier molecular flexibility index (Phi) is 3.10. The normalized spacial score (nSPS) is 11.6. The summed E-state index contributed by atoms with van der Waals surface area (Å²) in [5, 5.41) is 3.39. The highest BCUT2D eigenvalue weighted by Gasteiger charge is 1.96. The van der Waals surface area contributed by atoms with Crippen LogP contribution in [0.3, 0.4) is 0 Å². The molecule has 12 heavy (non-hydrogen) atoms. The topological polar surface area (TPSA) is 64.4 Å². The molecule has 1 aromatic carbocycles. The maximum Gasteiger partial charge on any atom is 0.123 e. The molecule has 1 rings (SSSR count). The predicted molar refractivity (Wildman–Crippen MR) is 53.7 cm³/mol. The van der Waals surface area contributed by atoms with Crippen molar-refractivity contribution in [1.29, 1.82) is 0 Å². The van der Waals surface area contributed by atoms with Crippen molar-refractivity contribution in [1.82, 2.24) is 0 Å². The molecule has 1 aromatic rings. The van der Waals surface area contributed by atoms with E-state index in [1.165, 1.54) is 0 Å². The van der Waals surface area contributed by atoms with E-state index in [0.717, 1.165) is 10.0 Å². The van der Waals surface area contributed by atoms with E-state index in [-0.39, 0.29) is 0 Å². The second kappa shape index (κ2) is 4.11. The number of benzene rings is 1. The molecule has 0 saturated heterocycles. The summed E-state index contributed by atoms with van der Waals surface area (Å²) < 4.78 is 1.03. The van der Waals surface area contributed by atoms with Crippen LogP contribution in [0.25, 0.3) is 0 Å². The van der Waals surface area contributed by atoms with E-state index >= 15 is 0 Å². The quantitative estimate of drug-likeness (QED) is 0.346. The fourth-order valence-electron chi connectivity index (χ4n) is 0.902. The van der Waals surface area contributed by atoms with Crippen LogP contribution < -0.4 is 11.6 Å². The van der Waals surface area contributed by atoms with Crippen molar-refractivity contribution in [3.63, 3.8) is 0 Å². The Balaban J connectivity index is 2.76. The molecule has 0 spiro atoms. The third kappa shape index (κ3) is 2.54. The maximum atomic E-state index is 5.46. The lowest BCUT2D eigenvalue weighted by Gasteiger charge is -1.99. The molecule has 0 aromatic heterocycles. The summed E-state index contributed by atoms with van der Waals surface area (Å²) in [6, 6.07) is 7.86. The molecular formula is C8H10BrN3. The van der Waals surface area contributed by atoms with E-state index in [0.29, 0.717) is 12.3 Å². The summed E-state index contributed by atoms with van der Waals surface area (Å²) in [7, 11) is 0. The average molecular weight is 228 g/mol. The molecule has 0 fully saturated rings. The highest BCUT2D eigenvalue weighted by Crippen LogP contribution is 2.11. The van der Waals surface area contributed by atoms with Crippen LogP contribution in [-0.4, -0.2) is 5.84 Å². The van der Waals surface area contributed by atoms with Crippen LogP contribution in [0.15, 0.2) is 33.8 Å². The Morgan fingerprint density at radius 3 is 2.83 bits per heavy atom. The van der Waals surface area contributed by atoms with Crippen LogP contribution in [0.4, 0.5) is 0 Å². The molecule has 0 bridgehead atoms. The summed E-state index contributed by atoms with van der Waals surface area (Å²) in [4.78, 5) is 0. The molecule has 0 amide bonds. The molecule has 0 heterocycles. The van der Waals surface area contributed by atoms with Gasteiger partial charge >= 0.3 is 0 Å². The summed E-state index contributed by atoms with van der Waals surface area (Å²) in [6.45, 7) is 0. The van der Waals surface area contributed by atoms with Crippen LogP contribution >= 0.6 is 15.9 Å². The van der Waals surface area contributed by atoms with Crippen LogP contribution in [-0.2, 0) is 6.42 Å². The molecule has 64 valence electrons. The minimum absolute atomic E-state index is 0.438. The fourth-order valence-corrected chi connectivity index (χ4v) is 1.35. The second-order valence-corrected chi connectivity index (χ2v) is 3.34. The molecule has 0 saturated carbocycles. The first-order valence-corrected chi connectivity index (χ1v) is 4.28. The molecule has 4 N–H and O–H groups in total. The van der Waals surface area contributed by atoms with E-state index in [9.17, 15) is 0 Å². The van der Waals surface area contributed by atoms with Gasteiger partial charge in [0.05, 0.1) is 0 Å². The highest BCUT2D eigenvalue weighted by atomic mass is 79.9. The number of hydrazone groups is 1. The first-order chi connectivity index (χ1) is 5.72. The first-order valence-electron chi connectivity index (χ1n) is 3.49. The van der Waals surface area contributed by atoms with Gasteiger partial charge in [-0.3, -0.25) is 0 Å². The SMILES string of the molecule is N/N=C(/N)Cc1cccc(Br)c1. The number of nitrogens with zero attached hydrogens (tertiary/aromatic N) is 1. The predicted octanol–water partition coefficient (Wildman–Crippen LogP) is 1.22. The molecule has 0 unspecified atom stereocenters. The average Bonchev–Trinajstić information content (AvgIpc) is 2.04. The third-order valence-electron chi connectivity index (χ3n) is 1.44. The van der Waals surface area contributed by atoms with E-state index < -0.39 is 0 Å². The number of rotatable bonds is 2. The van der Waals surface area contributed by atoms with Gasteiger partial charge in [0, 0.05) is 10.9 Å². The molecule has 0 radical (unpaired) electrons. The highest BCUT2D eigenvalue weighted by molar-refractivity contribution is 9.10. The first kappa shape index (κ1) is 9.06. The van der Waals surface area contributed by atoms with Crippen molar-refractivity contribution in [3.8, 4) is 0 Å². The van der Waals surface area contributed by atoms with E-state index in [4.69, 9.17) is 11.6 Å². The van der Waals surface area contributed by atoms with Crippen molar-refractivity contribution in [2.24, 2.45) is 16.7 Å². The molecule has 3 nitrogen and oxygen atoms in total. The van der Waals surface area contributed by atoms with Gasteiger partial charge in [-0.1, -0.05) is 28.1 Å². The monoisotopic (exact) mass is 227 g/mol. The second-order valence-electron chi connectivity index (χ2n) is 2.43. The molecule has 4 heteroatoms. The van der Waals surface area contributed by atoms with Crippen LogP contribution in [0.1, 0.15) is 5.56 Å². The summed E-state index contributed by atoms with van der Waals surface area (Å²) >= 11 is 3.36. The van der Waals surface area contributed by atoms with Gasteiger partial charge in [-0.05, 0) is 17.7 Å². The van der Waals surface area contributed by atoms with Crippen LogP contribution in [0.2, 0.25) is 0 Å². The Morgan fingerprint density at radius 2 is 2.25 bits per heavy atom. The van der Waals surface area contributed by atoms with Crippen molar-refractivity contribution < 1.29 is 0 Å². The zero-order valence-corrected chi connectivity index (χ0v) is 8.08. The maximum absolute atomic E-state index is 5.46. The van der Waals surface area contributed by atoms with Gasteiger partial charge in [0.25, 0.3) is 0 Å². The van der Waals surface area contributed by atoms with E-state index in [2.05, 4.69) is 21.0 Å². The fraction of sp³-hybridized carbons (Fsp3) is 0.125. The minimum atomic E-state index is 0.438. The van der Waals surface area contributed by atoms with Gasteiger partial charge in [-0.25, -0.2) is 0 Å². The summed E-state index contributed by atoms with van der Waals surface area (Å²) in [6.07, 6.45) is 0.593. The van der Waals surface area contributed by atoms with Gasteiger partial charge in [-0.2, -0.15) is 5.10 Å². The zero-order valence-electron chi connectivity index (χ0n) is 6.50. The van der Waals surface area contributed by atoms with E-state index in [1.54, 1.807) is 0 Å². The molecular weight excluding hydrogens is 218 g/mol. The van der Waals surface area contributed by atoms with Crippen LogP contribution in [0.5, 0.6) is 0 Å². The van der Waals surface area contributed by atoms with Gasteiger partial charge in [0.2, 0.25) is 0 Å². The largest absolute Gasteiger partial charge is 0.385 e. The van der Waals surface area contributed by atoms with Crippen molar-refractivity contribution in [2.45, 2.75) is 6.42 Å². The Bertz CT molecular complexity index is 296. The Morgan fingerprint density at radius 1 is 1.50 bits per heavy atom. The summed E-state index contributed by atoms with van der Waals surface area (Å²) in [5.41, 5.74) is 6.56. The molecule has 0 aliphatic carbocycles. The number of hydrogen-bond acceptors (Lipinski definition) is 2. The number of nitrogens with two attached hydrogens (primary N) is 2. The smallest absolute Gasteiger partial charge is 0.123 e. The lowest BCUT2D eigenvalue weighted by atomic mass is 10.1. The van der Waals surface area contributed by atoms with Crippen molar-refractivity contribution in [3.05, 3.63) is 34.3 Å². The molecule has 0 aliphatic rings. The van der Waals surface area contributed by atoms with Crippen molar-refractivity contribution in [2.75, 3.05) is 0 Å². The van der Waals surface area contributed by atoms with Crippen LogP contribution in [0, 0.1) is 0 Å². The minimum Gasteiger partial charge on any atom is -0.385 e.